The van der Waals surface area contributed by atoms with Crippen molar-refractivity contribution >= 4 is 29.9 Å². The predicted molar refractivity (Wildman–Crippen MR) is 125 cm³/mol. The van der Waals surface area contributed by atoms with E-state index in [9.17, 15) is 4.39 Å². The highest BCUT2D eigenvalue weighted by Gasteiger charge is 2.03. The molecule has 0 bridgehead atoms. The second-order valence-electron chi connectivity index (χ2n) is 6.73. The third kappa shape index (κ3) is 10.4. The highest BCUT2D eigenvalue weighted by Crippen LogP contribution is 2.20. The number of nitrogens with one attached hydrogen (secondary N) is 2. The van der Waals surface area contributed by atoms with E-state index in [1.807, 2.05) is 12.1 Å². The SMILES string of the molecule is CN=C(NCCCOCC(C)C)NCc1ccnc(Oc2ccc(F)cc2)c1.I. The van der Waals surface area contributed by atoms with Crippen molar-refractivity contribution in [2.45, 2.75) is 26.8 Å². The largest absolute Gasteiger partial charge is 0.439 e. The molecule has 2 rings (SSSR count). The van der Waals surface area contributed by atoms with E-state index in [0.29, 0.717) is 24.1 Å². The zero-order valence-electron chi connectivity index (χ0n) is 17.2. The summed E-state index contributed by atoms with van der Waals surface area (Å²) >= 11 is 0. The Morgan fingerprint density at radius 3 is 2.62 bits per heavy atom. The summed E-state index contributed by atoms with van der Waals surface area (Å²) < 4.78 is 24.2. The van der Waals surface area contributed by atoms with Gasteiger partial charge in [0.25, 0.3) is 0 Å². The molecule has 2 N–H and O–H groups in total. The molecule has 0 unspecified atom stereocenters. The summed E-state index contributed by atoms with van der Waals surface area (Å²) in [5.41, 5.74) is 0.996. The second-order valence-corrected chi connectivity index (χ2v) is 6.73. The Balaban J connectivity index is 0.00000420. The van der Waals surface area contributed by atoms with E-state index in [1.165, 1.54) is 12.1 Å². The van der Waals surface area contributed by atoms with Crippen LogP contribution < -0.4 is 15.4 Å². The normalized spacial score (nSPS) is 11.1. The van der Waals surface area contributed by atoms with Crippen molar-refractivity contribution in [3.8, 4) is 11.6 Å². The number of guanidine groups is 1. The van der Waals surface area contributed by atoms with E-state index in [4.69, 9.17) is 9.47 Å². The first-order valence-corrected chi connectivity index (χ1v) is 9.47. The van der Waals surface area contributed by atoms with Gasteiger partial charge in [-0.05, 0) is 48.2 Å². The quantitative estimate of drug-likeness (QED) is 0.213. The van der Waals surface area contributed by atoms with Crippen LogP contribution in [0.25, 0.3) is 0 Å². The van der Waals surface area contributed by atoms with Gasteiger partial charge in [-0.2, -0.15) is 0 Å². The first-order chi connectivity index (χ1) is 13.6. The van der Waals surface area contributed by atoms with E-state index in [-0.39, 0.29) is 29.8 Å². The van der Waals surface area contributed by atoms with Gasteiger partial charge in [0, 0.05) is 45.6 Å². The first kappa shape index (κ1) is 25.1. The molecule has 1 aromatic carbocycles. The van der Waals surface area contributed by atoms with Crippen LogP contribution in [0.4, 0.5) is 4.39 Å². The van der Waals surface area contributed by atoms with Crippen LogP contribution in [0, 0.1) is 11.7 Å². The highest BCUT2D eigenvalue weighted by atomic mass is 127. The van der Waals surface area contributed by atoms with E-state index in [2.05, 4.69) is 34.5 Å². The summed E-state index contributed by atoms with van der Waals surface area (Å²) in [6, 6.07) is 9.58. The Bertz CT molecular complexity index is 742. The average molecular weight is 516 g/mol. The molecule has 0 fully saturated rings. The lowest BCUT2D eigenvalue weighted by molar-refractivity contribution is 0.108. The number of aliphatic imine (C=N–C) groups is 1. The van der Waals surface area contributed by atoms with Crippen LogP contribution in [0.1, 0.15) is 25.8 Å². The molecule has 0 saturated heterocycles. The molecule has 0 aliphatic heterocycles. The molecule has 2 aromatic rings. The van der Waals surface area contributed by atoms with E-state index < -0.39 is 0 Å². The highest BCUT2D eigenvalue weighted by molar-refractivity contribution is 14.0. The van der Waals surface area contributed by atoms with Gasteiger partial charge in [-0.25, -0.2) is 9.37 Å². The molecule has 0 spiro atoms. The molecule has 1 aromatic heterocycles. The van der Waals surface area contributed by atoms with Crippen molar-refractivity contribution in [3.63, 3.8) is 0 Å². The molecule has 8 heteroatoms. The maximum atomic E-state index is 13.0. The van der Waals surface area contributed by atoms with Crippen molar-refractivity contribution in [3.05, 3.63) is 54.0 Å². The standard InChI is InChI=1S/C21H29FN4O2.HI/c1-16(2)15-27-12-4-10-25-21(23-3)26-14-17-9-11-24-20(13-17)28-19-7-5-18(22)6-8-19;/h5-9,11,13,16H,4,10,12,14-15H2,1-3H3,(H2,23,25,26);1H. The van der Waals surface area contributed by atoms with Crippen LogP contribution in [-0.2, 0) is 11.3 Å². The number of benzene rings is 1. The Labute approximate surface area is 189 Å². The summed E-state index contributed by atoms with van der Waals surface area (Å²) in [4.78, 5) is 8.41. The fraction of sp³-hybridized carbons (Fsp3) is 0.429. The van der Waals surface area contributed by atoms with Crippen LogP contribution in [0.15, 0.2) is 47.6 Å². The van der Waals surface area contributed by atoms with Crippen LogP contribution in [0.5, 0.6) is 11.6 Å². The van der Waals surface area contributed by atoms with Crippen LogP contribution in [0.2, 0.25) is 0 Å². The van der Waals surface area contributed by atoms with Crippen LogP contribution in [-0.4, -0.2) is 37.7 Å². The number of aromatic nitrogens is 1. The number of ether oxygens (including phenoxy) is 2. The first-order valence-electron chi connectivity index (χ1n) is 9.47. The monoisotopic (exact) mass is 516 g/mol. The lowest BCUT2D eigenvalue weighted by Gasteiger charge is -2.13. The van der Waals surface area contributed by atoms with E-state index in [0.717, 1.165) is 37.7 Å². The smallest absolute Gasteiger partial charge is 0.219 e. The maximum absolute atomic E-state index is 13.0. The average Bonchev–Trinajstić information content (AvgIpc) is 2.69. The number of hydrogen-bond acceptors (Lipinski definition) is 4. The molecule has 29 heavy (non-hydrogen) atoms. The Hall–Kier alpha value is -1.94. The van der Waals surface area contributed by atoms with Gasteiger partial charge in [-0.15, -0.1) is 24.0 Å². The molecule has 0 radical (unpaired) electrons. The van der Waals surface area contributed by atoms with Gasteiger partial charge in [-0.1, -0.05) is 13.8 Å². The Morgan fingerprint density at radius 1 is 1.17 bits per heavy atom. The van der Waals surface area contributed by atoms with Crippen molar-refractivity contribution in [1.82, 2.24) is 15.6 Å². The molecule has 0 aliphatic carbocycles. The minimum Gasteiger partial charge on any atom is -0.439 e. The van der Waals surface area contributed by atoms with Crippen molar-refractivity contribution in [2.24, 2.45) is 10.9 Å². The molecule has 0 amide bonds. The summed E-state index contributed by atoms with van der Waals surface area (Å²) in [6.45, 7) is 7.16. The zero-order valence-corrected chi connectivity index (χ0v) is 19.5. The fourth-order valence-corrected chi connectivity index (χ4v) is 2.35. The number of pyridine rings is 1. The van der Waals surface area contributed by atoms with Crippen molar-refractivity contribution in [2.75, 3.05) is 26.8 Å². The molecule has 0 saturated carbocycles. The number of rotatable bonds is 10. The molecular weight excluding hydrogens is 486 g/mol. The molecule has 1 heterocycles. The maximum Gasteiger partial charge on any atom is 0.219 e. The lowest BCUT2D eigenvalue weighted by atomic mass is 10.2. The molecular formula is C21H30FIN4O2. The van der Waals surface area contributed by atoms with E-state index in [1.54, 1.807) is 25.4 Å². The minimum atomic E-state index is -0.302. The van der Waals surface area contributed by atoms with Gasteiger partial charge in [0.05, 0.1) is 0 Å². The summed E-state index contributed by atoms with van der Waals surface area (Å²) in [5, 5.41) is 6.52. The number of nitrogens with zero attached hydrogens (tertiary/aromatic N) is 2. The van der Waals surface area contributed by atoms with Gasteiger partial charge in [0.1, 0.15) is 11.6 Å². The number of halogens is 2. The van der Waals surface area contributed by atoms with Gasteiger partial charge >= 0.3 is 0 Å². The van der Waals surface area contributed by atoms with Gasteiger partial charge < -0.3 is 20.1 Å². The summed E-state index contributed by atoms with van der Waals surface area (Å²) in [7, 11) is 1.74. The van der Waals surface area contributed by atoms with Gasteiger partial charge in [0.2, 0.25) is 5.88 Å². The number of hydrogen-bond donors (Lipinski definition) is 2. The summed E-state index contributed by atoms with van der Waals surface area (Å²) in [6.07, 6.45) is 2.59. The predicted octanol–water partition coefficient (Wildman–Crippen LogP) is 4.36. The fourth-order valence-electron chi connectivity index (χ4n) is 2.35. The second kappa shape index (κ2) is 14.1. The molecule has 0 aliphatic rings. The molecule has 160 valence electrons. The van der Waals surface area contributed by atoms with Gasteiger partial charge in [-0.3, -0.25) is 4.99 Å². The molecule has 0 atom stereocenters. The van der Waals surface area contributed by atoms with Crippen molar-refractivity contribution < 1.29 is 13.9 Å². The van der Waals surface area contributed by atoms with E-state index >= 15 is 0 Å². The third-order valence-corrected chi connectivity index (χ3v) is 3.73. The Morgan fingerprint density at radius 2 is 1.93 bits per heavy atom. The van der Waals surface area contributed by atoms with Crippen LogP contribution in [0.3, 0.4) is 0 Å². The summed E-state index contributed by atoms with van der Waals surface area (Å²) in [5.74, 6) is 1.97. The zero-order chi connectivity index (χ0) is 20.2. The topological polar surface area (TPSA) is 67.8 Å². The van der Waals surface area contributed by atoms with Crippen molar-refractivity contribution in [1.29, 1.82) is 0 Å². The lowest BCUT2D eigenvalue weighted by Crippen LogP contribution is -2.37. The molecule has 6 nitrogen and oxygen atoms in total. The third-order valence-electron chi connectivity index (χ3n) is 3.73. The Kier molecular flexibility index (Phi) is 12.2. The van der Waals surface area contributed by atoms with Crippen LogP contribution >= 0.6 is 24.0 Å². The minimum absolute atomic E-state index is 0. The van der Waals surface area contributed by atoms with Gasteiger partial charge in [0.15, 0.2) is 5.96 Å².